The number of hydrogen-bond acceptors (Lipinski definition) is 5. The van der Waals surface area contributed by atoms with Gasteiger partial charge in [-0.3, -0.25) is 19.5 Å². The summed E-state index contributed by atoms with van der Waals surface area (Å²) in [5.41, 5.74) is 1.15. The number of aromatic nitrogens is 4. The van der Waals surface area contributed by atoms with Gasteiger partial charge in [0.15, 0.2) is 0 Å². The van der Waals surface area contributed by atoms with E-state index in [9.17, 15) is 0 Å². The predicted octanol–water partition coefficient (Wildman–Crippen LogP) is 1.09. The topological polar surface area (TPSA) is 50.1 Å². The van der Waals surface area contributed by atoms with Crippen molar-refractivity contribution in [3.05, 3.63) is 42.2 Å². The van der Waals surface area contributed by atoms with Gasteiger partial charge < -0.3 is 0 Å². The van der Waals surface area contributed by atoms with Gasteiger partial charge in [-0.25, -0.2) is 4.98 Å². The molecule has 1 aliphatic heterocycles. The van der Waals surface area contributed by atoms with Crippen LogP contribution >= 0.6 is 0 Å². The first kappa shape index (κ1) is 14.2. The highest BCUT2D eigenvalue weighted by Gasteiger charge is 2.23. The maximum atomic E-state index is 4.47. The molecule has 2 aromatic rings. The van der Waals surface area contributed by atoms with Crippen LogP contribution < -0.4 is 0 Å². The minimum atomic E-state index is 0.378. The molecule has 0 N–H and O–H groups in total. The van der Waals surface area contributed by atoms with Crippen LogP contribution in [-0.4, -0.2) is 55.7 Å². The van der Waals surface area contributed by atoms with Crippen molar-refractivity contribution < 1.29 is 0 Å². The Kier molecular flexibility index (Phi) is 4.26. The molecule has 112 valence electrons. The number of rotatable bonds is 4. The van der Waals surface area contributed by atoms with Crippen LogP contribution in [0.2, 0.25) is 0 Å². The summed E-state index contributed by atoms with van der Waals surface area (Å²) < 4.78 is 1.85. The van der Waals surface area contributed by atoms with E-state index in [4.69, 9.17) is 0 Å². The van der Waals surface area contributed by atoms with E-state index < -0.39 is 0 Å². The summed E-state index contributed by atoms with van der Waals surface area (Å²) in [6, 6.07) is 6.51. The van der Waals surface area contributed by atoms with Crippen molar-refractivity contribution >= 4 is 0 Å². The van der Waals surface area contributed by atoms with Gasteiger partial charge in [-0.2, -0.15) is 5.10 Å². The third-order valence-electron chi connectivity index (χ3n) is 4.24. The van der Waals surface area contributed by atoms with Gasteiger partial charge in [0.1, 0.15) is 12.2 Å². The number of hydrogen-bond donors (Lipinski definition) is 0. The second kappa shape index (κ2) is 6.32. The third-order valence-corrected chi connectivity index (χ3v) is 4.24. The predicted molar refractivity (Wildman–Crippen MR) is 80.5 cm³/mol. The fourth-order valence-electron chi connectivity index (χ4n) is 2.78. The Morgan fingerprint density at radius 3 is 2.57 bits per heavy atom. The van der Waals surface area contributed by atoms with Crippen LogP contribution in [0.1, 0.15) is 24.5 Å². The maximum absolute atomic E-state index is 4.47. The van der Waals surface area contributed by atoms with Crippen LogP contribution in [0.25, 0.3) is 0 Å². The molecule has 6 nitrogen and oxygen atoms in total. The minimum Gasteiger partial charge on any atom is -0.293 e. The SMILES string of the molecule is C[C@@H](c1ccccn1)N1CCN(Cc2ncnn2C)CC1. The minimum absolute atomic E-state index is 0.378. The molecular weight excluding hydrogens is 264 g/mol. The molecule has 0 amide bonds. The summed E-state index contributed by atoms with van der Waals surface area (Å²) in [5, 5.41) is 4.13. The molecule has 0 aliphatic carbocycles. The lowest BCUT2D eigenvalue weighted by atomic mass is 10.1. The standard InChI is InChI=1S/C15H22N6/c1-13(14-5-3-4-6-16-14)21-9-7-20(8-10-21)11-15-17-12-18-19(15)2/h3-6,12-13H,7-11H2,1-2H3/t13-/m0/s1. The summed E-state index contributed by atoms with van der Waals surface area (Å²) >= 11 is 0. The molecule has 0 unspecified atom stereocenters. The van der Waals surface area contributed by atoms with Crippen LogP contribution in [0.5, 0.6) is 0 Å². The van der Waals surface area contributed by atoms with E-state index in [2.05, 4.69) is 43.9 Å². The normalized spacial score (nSPS) is 18.8. The highest BCUT2D eigenvalue weighted by atomic mass is 15.3. The average Bonchev–Trinajstić information content (AvgIpc) is 2.93. The van der Waals surface area contributed by atoms with Crippen molar-refractivity contribution in [2.45, 2.75) is 19.5 Å². The first-order valence-electron chi connectivity index (χ1n) is 7.44. The molecule has 0 aromatic carbocycles. The Hall–Kier alpha value is -1.79. The van der Waals surface area contributed by atoms with Crippen molar-refractivity contribution in [1.29, 1.82) is 0 Å². The Bertz CT molecular complexity index is 559. The quantitative estimate of drug-likeness (QED) is 0.842. The van der Waals surface area contributed by atoms with E-state index in [-0.39, 0.29) is 0 Å². The van der Waals surface area contributed by atoms with Gasteiger partial charge in [0.05, 0.1) is 12.2 Å². The smallest absolute Gasteiger partial charge is 0.140 e. The van der Waals surface area contributed by atoms with E-state index >= 15 is 0 Å². The fourth-order valence-corrected chi connectivity index (χ4v) is 2.78. The van der Waals surface area contributed by atoms with Gasteiger partial charge in [-0.15, -0.1) is 0 Å². The van der Waals surface area contributed by atoms with E-state index in [1.807, 2.05) is 24.0 Å². The zero-order chi connectivity index (χ0) is 14.7. The molecule has 0 radical (unpaired) electrons. The van der Waals surface area contributed by atoms with Gasteiger partial charge in [0, 0.05) is 45.5 Å². The van der Waals surface area contributed by atoms with Crippen molar-refractivity contribution in [2.75, 3.05) is 26.2 Å². The van der Waals surface area contributed by atoms with Crippen molar-refractivity contribution in [1.82, 2.24) is 29.5 Å². The van der Waals surface area contributed by atoms with Gasteiger partial charge in [-0.05, 0) is 19.1 Å². The van der Waals surface area contributed by atoms with E-state index in [0.717, 1.165) is 44.2 Å². The average molecular weight is 286 g/mol. The van der Waals surface area contributed by atoms with Gasteiger partial charge in [0.25, 0.3) is 0 Å². The molecule has 0 spiro atoms. The first-order chi connectivity index (χ1) is 10.2. The molecule has 6 heteroatoms. The van der Waals surface area contributed by atoms with Crippen LogP contribution in [0.15, 0.2) is 30.7 Å². The maximum Gasteiger partial charge on any atom is 0.140 e. The zero-order valence-corrected chi connectivity index (χ0v) is 12.7. The Balaban J connectivity index is 1.54. The van der Waals surface area contributed by atoms with Crippen LogP contribution in [0, 0.1) is 0 Å². The van der Waals surface area contributed by atoms with Crippen molar-refractivity contribution in [3.8, 4) is 0 Å². The van der Waals surface area contributed by atoms with Gasteiger partial charge in [0.2, 0.25) is 0 Å². The second-order valence-corrected chi connectivity index (χ2v) is 5.54. The number of pyridine rings is 1. The fraction of sp³-hybridized carbons (Fsp3) is 0.533. The summed E-state index contributed by atoms with van der Waals surface area (Å²) in [6.07, 6.45) is 3.49. The molecule has 21 heavy (non-hydrogen) atoms. The lowest BCUT2D eigenvalue weighted by molar-refractivity contribution is 0.0940. The van der Waals surface area contributed by atoms with Crippen molar-refractivity contribution in [3.63, 3.8) is 0 Å². The molecule has 1 aliphatic rings. The molecule has 3 rings (SSSR count). The van der Waals surface area contributed by atoms with Gasteiger partial charge in [-0.1, -0.05) is 6.07 Å². The summed E-state index contributed by atoms with van der Waals surface area (Å²) in [5.74, 6) is 1.03. The molecule has 0 saturated carbocycles. The largest absolute Gasteiger partial charge is 0.293 e. The van der Waals surface area contributed by atoms with Crippen LogP contribution in [0.3, 0.4) is 0 Å². The highest BCUT2D eigenvalue weighted by molar-refractivity contribution is 5.08. The van der Waals surface area contributed by atoms with Crippen LogP contribution in [0.4, 0.5) is 0 Å². The number of piperazine rings is 1. The van der Waals surface area contributed by atoms with E-state index in [0.29, 0.717) is 6.04 Å². The number of aryl methyl sites for hydroxylation is 1. The summed E-state index contributed by atoms with van der Waals surface area (Å²) in [4.78, 5) is 13.7. The Morgan fingerprint density at radius 2 is 1.95 bits per heavy atom. The highest BCUT2D eigenvalue weighted by Crippen LogP contribution is 2.19. The molecule has 1 saturated heterocycles. The van der Waals surface area contributed by atoms with Gasteiger partial charge >= 0.3 is 0 Å². The Morgan fingerprint density at radius 1 is 1.14 bits per heavy atom. The summed E-state index contributed by atoms with van der Waals surface area (Å²) in [7, 11) is 1.95. The molecule has 3 heterocycles. The summed E-state index contributed by atoms with van der Waals surface area (Å²) in [6.45, 7) is 7.36. The molecule has 0 bridgehead atoms. The lowest BCUT2D eigenvalue weighted by Gasteiger charge is -2.37. The second-order valence-electron chi connectivity index (χ2n) is 5.54. The molecule has 1 atom stereocenters. The van der Waals surface area contributed by atoms with E-state index in [1.54, 1.807) is 6.33 Å². The molecular formula is C15H22N6. The monoisotopic (exact) mass is 286 g/mol. The molecule has 1 fully saturated rings. The van der Waals surface area contributed by atoms with Crippen LogP contribution in [-0.2, 0) is 13.6 Å². The Labute approximate surface area is 125 Å². The number of nitrogens with zero attached hydrogens (tertiary/aromatic N) is 6. The zero-order valence-electron chi connectivity index (χ0n) is 12.7. The lowest BCUT2D eigenvalue weighted by Crippen LogP contribution is -2.47. The van der Waals surface area contributed by atoms with E-state index in [1.165, 1.54) is 0 Å². The third kappa shape index (κ3) is 3.28. The first-order valence-corrected chi connectivity index (χ1v) is 7.44. The molecule has 2 aromatic heterocycles. The van der Waals surface area contributed by atoms with Crippen molar-refractivity contribution in [2.24, 2.45) is 7.05 Å².